The highest BCUT2D eigenvalue weighted by atomic mass is 31.0. The summed E-state index contributed by atoms with van der Waals surface area (Å²) in [6.45, 7) is 0. The third-order valence-corrected chi connectivity index (χ3v) is 1.000. The molecule has 0 aromatic carbocycles. The van der Waals surface area contributed by atoms with Crippen LogP contribution in [0.5, 0.6) is 0 Å². The Bertz CT molecular complexity index is 15.5. The Hall–Kier alpha value is 0.647. The molecule has 1 unspecified atom stereocenters. The average Bonchev–Trinajstić information content (AvgIpc) is 0.722. The molecule has 1 saturated carbocycles. The van der Waals surface area contributed by atoms with E-state index in [4.69, 9.17) is 0 Å². The van der Waals surface area contributed by atoms with Crippen LogP contribution in [0.3, 0.4) is 0 Å². The summed E-state index contributed by atoms with van der Waals surface area (Å²) in [7, 11) is 0. The van der Waals surface area contributed by atoms with E-state index >= 15 is 0 Å². The topological polar surface area (TPSA) is 0 Å². The van der Waals surface area contributed by atoms with Crippen LogP contribution in [0.1, 0.15) is 25.7 Å². The normalized spacial score (nSPS) is 16.0. The van der Waals surface area contributed by atoms with Gasteiger partial charge in [-0.3, -0.25) is 0 Å². The third kappa shape index (κ3) is 2.86. The molecule has 40 valence electrons. The summed E-state index contributed by atoms with van der Waals surface area (Å²) in [4.78, 5) is 0. The molecule has 1 aliphatic rings. The Labute approximate surface area is 47.4 Å². The van der Waals surface area contributed by atoms with Crippen LogP contribution < -0.4 is 0 Å². The number of hydrogen-bond acceptors (Lipinski definition) is 0. The molecule has 0 heterocycles. The highest BCUT2D eigenvalue weighted by molar-refractivity contribution is 6.92. The Kier molecular flexibility index (Phi) is 9.24. The van der Waals surface area contributed by atoms with Crippen LogP contribution in [0.25, 0.3) is 0 Å². The summed E-state index contributed by atoms with van der Waals surface area (Å²) in [6, 6.07) is 0. The van der Waals surface area contributed by atoms with Crippen LogP contribution in [0.2, 0.25) is 0 Å². The van der Waals surface area contributed by atoms with Crippen molar-refractivity contribution in [1.29, 1.82) is 0 Å². The Morgan fingerprint density at radius 1 is 0.667 bits per heavy atom. The maximum absolute atomic E-state index is 1.50. The van der Waals surface area contributed by atoms with Gasteiger partial charge < -0.3 is 0 Å². The van der Waals surface area contributed by atoms with E-state index in [2.05, 4.69) is 0 Å². The summed E-state index contributed by atoms with van der Waals surface area (Å²) in [6.07, 6.45) is 6.00. The molecule has 0 amide bonds. The van der Waals surface area contributed by atoms with Gasteiger partial charge in [0, 0.05) is 0 Å². The summed E-state index contributed by atoms with van der Waals surface area (Å²) < 4.78 is 0. The average molecular weight is 122 g/mol. The first-order valence-electron chi connectivity index (χ1n) is 2.00. The van der Waals surface area contributed by atoms with Crippen molar-refractivity contribution in [2.45, 2.75) is 25.7 Å². The molecule has 1 aliphatic carbocycles. The number of rotatable bonds is 0. The summed E-state index contributed by atoms with van der Waals surface area (Å²) >= 11 is 0. The first-order chi connectivity index (χ1) is 2.00. The predicted octanol–water partition coefficient (Wildman–Crippen LogP) is 0.167. The van der Waals surface area contributed by atoms with Crippen LogP contribution in [0.4, 0.5) is 0 Å². The molecule has 0 spiro atoms. The molecule has 0 aromatic heterocycles. The van der Waals surface area contributed by atoms with Gasteiger partial charge in [-0.1, -0.05) is 25.7 Å². The molecule has 0 radical (unpaired) electrons. The lowest BCUT2D eigenvalue weighted by atomic mass is 10.0. The second-order valence-corrected chi connectivity index (χ2v) is 1.41. The van der Waals surface area contributed by atoms with E-state index in [1.54, 1.807) is 0 Å². The van der Waals surface area contributed by atoms with E-state index in [0.29, 0.717) is 0 Å². The highest BCUT2D eigenvalue weighted by Gasteiger charge is 1.95. The zero-order valence-electron chi connectivity index (χ0n) is 3.54. The van der Waals surface area contributed by atoms with E-state index in [0.717, 1.165) is 0 Å². The summed E-state index contributed by atoms with van der Waals surface area (Å²) in [5.41, 5.74) is 0. The highest BCUT2D eigenvalue weighted by Crippen LogP contribution is 2.15. The van der Waals surface area contributed by atoms with Crippen LogP contribution in [-0.4, -0.2) is 11.0 Å². The molecule has 0 bridgehead atoms. The van der Waals surface area contributed by atoms with Gasteiger partial charge in [0.15, 0.2) is 0 Å². The van der Waals surface area contributed by atoms with Crippen LogP contribution in [0.15, 0.2) is 0 Å². The minimum atomic E-state index is 0. The van der Waals surface area contributed by atoms with Gasteiger partial charge in [0.05, 0.1) is 0 Å². The molecule has 0 saturated heterocycles. The Balaban J connectivity index is 0. The van der Waals surface area contributed by atoms with Gasteiger partial charge >= 0.3 is 0 Å². The van der Waals surface area contributed by atoms with Gasteiger partial charge in [0.2, 0.25) is 0 Å². The van der Waals surface area contributed by atoms with Crippen molar-refractivity contribution in [3.05, 3.63) is 0 Å². The second kappa shape index (κ2) is 5.65. The fourth-order valence-corrected chi connectivity index (χ4v) is 0.250. The quantitative estimate of drug-likeness (QED) is 0.317. The molecule has 0 N–H and O–H groups in total. The molecule has 1 fully saturated rings. The van der Waals surface area contributed by atoms with Crippen molar-refractivity contribution in [3.8, 4) is 0 Å². The van der Waals surface area contributed by atoms with Gasteiger partial charge in [-0.15, -0.1) is 0 Å². The molecule has 0 aliphatic heterocycles. The van der Waals surface area contributed by atoms with Crippen LogP contribution in [-0.2, 0) is 0 Å². The van der Waals surface area contributed by atoms with Gasteiger partial charge in [-0.25, -0.2) is 0 Å². The molecule has 0 nitrogen and oxygen atoms in total. The fraction of sp³-hybridized carbons (Fsp3) is 1.00. The maximum atomic E-state index is 1.50. The van der Waals surface area contributed by atoms with Crippen molar-refractivity contribution < 1.29 is 0 Å². The summed E-state index contributed by atoms with van der Waals surface area (Å²) in [5.74, 6) is 0. The minimum absolute atomic E-state index is 0. The van der Waals surface area contributed by atoms with E-state index < -0.39 is 0 Å². The third-order valence-electron chi connectivity index (χ3n) is 1.000. The largest absolute Gasteiger partial charge is 0.153 e. The molecular formula is C4H15PSi. The lowest BCUT2D eigenvalue weighted by Gasteiger charge is -2.05. The molecule has 2 heteroatoms. The Morgan fingerprint density at radius 3 is 0.833 bits per heavy atom. The SMILES string of the molecule is C1CCC1.P.[SiH4]. The Morgan fingerprint density at radius 2 is 0.833 bits per heavy atom. The smallest absolute Gasteiger partial charge is 0.0149 e. The first-order valence-corrected chi connectivity index (χ1v) is 2.00. The summed E-state index contributed by atoms with van der Waals surface area (Å²) in [5, 5.41) is 0. The van der Waals surface area contributed by atoms with Crippen molar-refractivity contribution in [1.82, 2.24) is 0 Å². The zero-order valence-corrected chi connectivity index (χ0v) is 4.95. The van der Waals surface area contributed by atoms with Gasteiger partial charge in [-0.05, 0) is 11.0 Å². The molecule has 1 rings (SSSR count). The van der Waals surface area contributed by atoms with E-state index in [1.165, 1.54) is 25.7 Å². The fourth-order valence-electron chi connectivity index (χ4n) is 0.250. The van der Waals surface area contributed by atoms with Crippen molar-refractivity contribution >= 4 is 20.9 Å². The van der Waals surface area contributed by atoms with Crippen LogP contribution >= 0.6 is 9.90 Å². The van der Waals surface area contributed by atoms with Gasteiger partial charge in [0.25, 0.3) is 0 Å². The van der Waals surface area contributed by atoms with Crippen LogP contribution in [0, 0.1) is 0 Å². The van der Waals surface area contributed by atoms with E-state index in [1.807, 2.05) is 0 Å². The molecule has 1 atom stereocenters. The molecular weight excluding hydrogens is 107 g/mol. The standard InChI is InChI=1S/C4H8.H3P.H4Si/c1-2-4-3-1;;/h1-4H2;1H3;1H4. The van der Waals surface area contributed by atoms with Gasteiger partial charge in [-0.2, -0.15) is 9.90 Å². The monoisotopic (exact) mass is 122 g/mol. The molecule has 6 heavy (non-hydrogen) atoms. The first kappa shape index (κ1) is 9.82. The van der Waals surface area contributed by atoms with Gasteiger partial charge in [0.1, 0.15) is 0 Å². The van der Waals surface area contributed by atoms with Crippen molar-refractivity contribution in [2.24, 2.45) is 0 Å². The van der Waals surface area contributed by atoms with Crippen molar-refractivity contribution in [3.63, 3.8) is 0 Å². The maximum Gasteiger partial charge on any atom is -0.0149 e. The zero-order chi connectivity index (χ0) is 2.83. The molecule has 0 aromatic rings. The van der Waals surface area contributed by atoms with Crippen molar-refractivity contribution in [2.75, 3.05) is 0 Å². The van der Waals surface area contributed by atoms with E-state index in [9.17, 15) is 0 Å². The minimum Gasteiger partial charge on any atom is -0.153 e. The predicted molar refractivity (Wildman–Crippen MR) is 40.9 cm³/mol. The lowest BCUT2D eigenvalue weighted by Crippen LogP contribution is -1.85. The van der Waals surface area contributed by atoms with E-state index in [-0.39, 0.29) is 20.9 Å². The lowest BCUT2D eigenvalue weighted by molar-refractivity contribution is 0.504. The number of hydrogen-bond donors (Lipinski definition) is 0. The second-order valence-electron chi connectivity index (χ2n) is 1.41.